The van der Waals surface area contributed by atoms with E-state index < -0.39 is 33.1 Å². The van der Waals surface area contributed by atoms with Gasteiger partial charge in [0.25, 0.3) is 17.3 Å². The number of esters is 1. The van der Waals surface area contributed by atoms with Crippen LogP contribution < -0.4 is 0 Å². The van der Waals surface area contributed by atoms with E-state index in [9.17, 15) is 29.8 Å². The lowest BCUT2D eigenvalue weighted by molar-refractivity contribution is -0.394. The predicted molar refractivity (Wildman–Crippen MR) is 73.3 cm³/mol. The Morgan fingerprint density at radius 2 is 1.64 bits per heavy atom. The van der Waals surface area contributed by atoms with Crippen LogP contribution in [-0.4, -0.2) is 47.3 Å². The lowest BCUT2D eigenvalue weighted by atomic mass is 10.1. The molecule has 0 N–H and O–H groups in total. The fourth-order valence-electron chi connectivity index (χ4n) is 1.61. The smallest absolute Gasteiger partial charge is 0.307 e. The summed E-state index contributed by atoms with van der Waals surface area (Å²) in [5.41, 5.74) is -1.31. The van der Waals surface area contributed by atoms with Gasteiger partial charge in [0.15, 0.2) is 0 Å². The summed E-state index contributed by atoms with van der Waals surface area (Å²) in [6.45, 7) is 0.0159. The number of carbonyl (C=O) groups excluding carboxylic acids is 2. The van der Waals surface area contributed by atoms with Gasteiger partial charge < -0.3 is 9.64 Å². The highest BCUT2D eigenvalue weighted by Crippen LogP contribution is 2.23. The molecule has 0 saturated heterocycles. The van der Waals surface area contributed by atoms with Crippen LogP contribution in [0.1, 0.15) is 16.8 Å². The third-order valence-electron chi connectivity index (χ3n) is 2.80. The number of methoxy groups -OCH3 is 1. The maximum atomic E-state index is 12.1. The van der Waals surface area contributed by atoms with Crippen molar-refractivity contribution in [3.8, 4) is 0 Å². The van der Waals surface area contributed by atoms with E-state index in [1.54, 1.807) is 0 Å². The molecule has 0 aromatic heterocycles. The molecule has 1 aromatic carbocycles. The van der Waals surface area contributed by atoms with Gasteiger partial charge in [-0.1, -0.05) is 0 Å². The second-order valence-corrected chi connectivity index (χ2v) is 4.31. The molecule has 118 valence electrons. The van der Waals surface area contributed by atoms with Gasteiger partial charge in [-0.05, 0) is 0 Å². The Kier molecular flexibility index (Phi) is 5.50. The van der Waals surface area contributed by atoms with Crippen LogP contribution in [0.25, 0.3) is 0 Å². The van der Waals surface area contributed by atoms with Crippen molar-refractivity contribution < 1.29 is 24.2 Å². The average Bonchev–Trinajstić information content (AvgIpc) is 2.50. The summed E-state index contributed by atoms with van der Waals surface area (Å²) in [7, 11) is 2.57. The summed E-state index contributed by atoms with van der Waals surface area (Å²) >= 11 is 0. The van der Waals surface area contributed by atoms with Crippen molar-refractivity contribution in [1.82, 2.24) is 4.90 Å². The number of benzene rings is 1. The molecule has 0 aliphatic rings. The molecule has 10 nitrogen and oxygen atoms in total. The largest absolute Gasteiger partial charge is 0.469 e. The fraction of sp³-hybridized carbons (Fsp3) is 0.333. The number of nitro groups is 2. The highest BCUT2D eigenvalue weighted by atomic mass is 16.6. The van der Waals surface area contributed by atoms with Crippen LogP contribution in [0.3, 0.4) is 0 Å². The van der Waals surface area contributed by atoms with Gasteiger partial charge in [-0.2, -0.15) is 0 Å². The van der Waals surface area contributed by atoms with Crippen LogP contribution in [-0.2, 0) is 9.53 Å². The van der Waals surface area contributed by atoms with Crippen LogP contribution in [0.15, 0.2) is 18.2 Å². The van der Waals surface area contributed by atoms with E-state index in [1.165, 1.54) is 14.2 Å². The highest BCUT2D eigenvalue weighted by Gasteiger charge is 2.22. The minimum atomic E-state index is -0.821. The normalized spacial score (nSPS) is 9.91. The van der Waals surface area contributed by atoms with E-state index in [0.29, 0.717) is 0 Å². The topological polar surface area (TPSA) is 133 Å². The first kappa shape index (κ1) is 17.0. The zero-order valence-electron chi connectivity index (χ0n) is 11.8. The number of rotatable bonds is 6. The molecule has 0 spiro atoms. The third-order valence-corrected chi connectivity index (χ3v) is 2.80. The van der Waals surface area contributed by atoms with Gasteiger partial charge >= 0.3 is 5.97 Å². The summed E-state index contributed by atoms with van der Waals surface area (Å²) < 4.78 is 4.43. The van der Waals surface area contributed by atoms with E-state index in [1.807, 2.05) is 0 Å². The van der Waals surface area contributed by atoms with Crippen LogP contribution in [0.2, 0.25) is 0 Å². The van der Waals surface area contributed by atoms with Gasteiger partial charge in [0, 0.05) is 25.7 Å². The third kappa shape index (κ3) is 4.23. The summed E-state index contributed by atoms with van der Waals surface area (Å²) in [5.74, 6) is -1.19. The van der Waals surface area contributed by atoms with Crippen molar-refractivity contribution in [2.24, 2.45) is 0 Å². The fourth-order valence-corrected chi connectivity index (χ4v) is 1.61. The quantitative estimate of drug-likeness (QED) is 0.437. The summed E-state index contributed by atoms with van der Waals surface area (Å²) in [4.78, 5) is 44.2. The molecule has 10 heteroatoms. The van der Waals surface area contributed by atoms with Gasteiger partial charge in [-0.15, -0.1) is 0 Å². The van der Waals surface area contributed by atoms with Gasteiger partial charge in [0.2, 0.25) is 0 Å². The van der Waals surface area contributed by atoms with Crippen molar-refractivity contribution in [1.29, 1.82) is 0 Å². The van der Waals surface area contributed by atoms with Gasteiger partial charge in [0.05, 0.1) is 35.0 Å². The Morgan fingerprint density at radius 3 is 2.05 bits per heavy atom. The molecular formula is C12H13N3O7. The van der Waals surface area contributed by atoms with Crippen LogP contribution >= 0.6 is 0 Å². The molecule has 22 heavy (non-hydrogen) atoms. The van der Waals surface area contributed by atoms with Crippen LogP contribution in [0.4, 0.5) is 11.4 Å². The molecule has 0 unspecified atom stereocenters. The number of nitrogens with zero attached hydrogens (tertiary/aromatic N) is 3. The monoisotopic (exact) mass is 311 g/mol. The number of amides is 1. The molecule has 1 amide bonds. The SMILES string of the molecule is COC(=O)CCN(C)C(=O)c1cc([N+](=O)[O-])cc([N+](=O)[O-])c1. The summed E-state index contributed by atoms with van der Waals surface area (Å²) in [6.07, 6.45) is -0.0598. The van der Waals surface area contributed by atoms with Crippen molar-refractivity contribution in [2.45, 2.75) is 6.42 Å². The first-order valence-electron chi connectivity index (χ1n) is 6.02. The van der Waals surface area contributed by atoms with Crippen molar-refractivity contribution >= 4 is 23.3 Å². The van der Waals surface area contributed by atoms with E-state index in [0.717, 1.165) is 23.1 Å². The molecule has 0 bridgehead atoms. The minimum Gasteiger partial charge on any atom is -0.469 e. The zero-order chi connectivity index (χ0) is 16.9. The van der Waals surface area contributed by atoms with Crippen molar-refractivity contribution in [2.75, 3.05) is 20.7 Å². The average molecular weight is 311 g/mol. The summed E-state index contributed by atoms with van der Waals surface area (Å²) in [6, 6.07) is 2.67. The Labute approximate surface area is 124 Å². The molecule has 0 saturated carbocycles. The van der Waals surface area contributed by atoms with Crippen LogP contribution in [0, 0.1) is 20.2 Å². The molecule has 0 fully saturated rings. The lowest BCUT2D eigenvalue weighted by Crippen LogP contribution is -2.29. The molecule has 0 aliphatic carbocycles. The highest BCUT2D eigenvalue weighted by molar-refractivity contribution is 5.95. The number of ether oxygens (including phenoxy) is 1. The molecular weight excluding hydrogens is 298 g/mol. The number of hydrogen-bond acceptors (Lipinski definition) is 7. The molecule has 0 atom stereocenters. The lowest BCUT2D eigenvalue weighted by Gasteiger charge is -2.16. The number of hydrogen-bond donors (Lipinski definition) is 0. The van der Waals surface area contributed by atoms with E-state index in [2.05, 4.69) is 4.74 Å². The Hall–Kier alpha value is -3.04. The first-order valence-corrected chi connectivity index (χ1v) is 6.02. The predicted octanol–water partition coefficient (Wildman–Crippen LogP) is 1.14. The first-order chi connectivity index (χ1) is 10.3. The Morgan fingerprint density at radius 1 is 1.14 bits per heavy atom. The minimum absolute atomic E-state index is 0.0159. The van der Waals surface area contributed by atoms with Crippen molar-refractivity contribution in [3.05, 3.63) is 44.0 Å². The van der Waals surface area contributed by atoms with Gasteiger partial charge in [0.1, 0.15) is 0 Å². The standard InChI is InChI=1S/C12H13N3O7/c1-13(4-3-11(16)22-2)12(17)8-5-9(14(18)19)7-10(6-8)15(20)21/h5-7H,3-4H2,1-2H3. The molecule has 1 aromatic rings. The second kappa shape index (κ2) is 7.11. The van der Waals surface area contributed by atoms with Crippen LogP contribution in [0.5, 0.6) is 0 Å². The molecule has 0 aliphatic heterocycles. The molecule has 0 radical (unpaired) electrons. The van der Waals surface area contributed by atoms with Crippen molar-refractivity contribution in [3.63, 3.8) is 0 Å². The van der Waals surface area contributed by atoms with E-state index in [4.69, 9.17) is 0 Å². The number of non-ortho nitro benzene ring substituents is 2. The molecule has 1 rings (SSSR count). The molecule has 0 heterocycles. The Balaban J connectivity index is 3.03. The second-order valence-electron chi connectivity index (χ2n) is 4.31. The van der Waals surface area contributed by atoms with E-state index in [-0.39, 0.29) is 18.5 Å². The number of nitro benzene ring substituents is 2. The van der Waals surface area contributed by atoms with Gasteiger partial charge in [-0.25, -0.2) is 0 Å². The maximum absolute atomic E-state index is 12.1. The van der Waals surface area contributed by atoms with E-state index >= 15 is 0 Å². The number of carbonyl (C=O) groups is 2. The Bertz CT molecular complexity index is 597. The maximum Gasteiger partial charge on any atom is 0.307 e. The van der Waals surface area contributed by atoms with Gasteiger partial charge in [-0.3, -0.25) is 29.8 Å². The summed E-state index contributed by atoms with van der Waals surface area (Å²) in [5, 5.41) is 21.5. The zero-order valence-corrected chi connectivity index (χ0v) is 11.8.